The molecule has 206 valence electrons. The smallest absolute Gasteiger partial charge is 0.338 e. The van der Waals surface area contributed by atoms with Crippen molar-refractivity contribution in [1.82, 2.24) is 4.57 Å². The molecule has 40 heavy (non-hydrogen) atoms. The first-order valence-electron chi connectivity index (χ1n) is 11.9. The van der Waals surface area contributed by atoms with E-state index < -0.39 is 33.3 Å². The van der Waals surface area contributed by atoms with Crippen LogP contribution in [-0.4, -0.2) is 39.6 Å². The quantitative estimate of drug-likeness (QED) is 0.239. The number of nitrogens with two attached hydrogens (primary N) is 1. The largest absolute Gasteiger partial charge is 0.463 e. The van der Waals surface area contributed by atoms with Crippen LogP contribution in [0.4, 0.5) is 11.4 Å². The number of thiazole rings is 1. The van der Waals surface area contributed by atoms with Crippen LogP contribution in [0.25, 0.3) is 17.5 Å². The van der Waals surface area contributed by atoms with Gasteiger partial charge in [-0.2, -0.15) is 0 Å². The van der Waals surface area contributed by atoms with Crippen molar-refractivity contribution in [3.05, 3.63) is 105 Å². The Hall–Kier alpha value is -5.11. The number of ether oxygens (including phenoxy) is 2. The summed E-state index contributed by atoms with van der Waals surface area (Å²) in [5.74, 6) is -3.38. The van der Waals surface area contributed by atoms with Crippen LogP contribution in [-0.2, 0) is 19.1 Å². The summed E-state index contributed by atoms with van der Waals surface area (Å²) < 4.78 is 11.6. The number of esters is 2. The Morgan fingerprint density at radius 3 is 2.15 bits per heavy atom. The Morgan fingerprint density at radius 2 is 1.55 bits per heavy atom. The van der Waals surface area contributed by atoms with Crippen molar-refractivity contribution in [2.75, 3.05) is 13.2 Å². The number of nitro benzene ring substituents is 2. The zero-order chi connectivity index (χ0) is 29.1. The van der Waals surface area contributed by atoms with E-state index in [2.05, 4.69) is 0 Å². The predicted molar refractivity (Wildman–Crippen MR) is 144 cm³/mol. The fourth-order valence-electron chi connectivity index (χ4n) is 4.29. The maximum Gasteiger partial charge on any atom is 0.338 e. The van der Waals surface area contributed by atoms with Crippen LogP contribution >= 0.6 is 11.3 Å². The third-order valence-electron chi connectivity index (χ3n) is 5.93. The number of fused-ring (bicyclic) bond motifs is 1. The van der Waals surface area contributed by atoms with Gasteiger partial charge in [-0.3, -0.25) is 29.6 Å². The first-order valence-corrected chi connectivity index (χ1v) is 12.7. The minimum atomic E-state index is -1.26. The van der Waals surface area contributed by atoms with Gasteiger partial charge in [0.15, 0.2) is 0 Å². The van der Waals surface area contributed by atoms with E-state index in [1.807, 2.05) is 0 Å². The van der Waals surface area contributed by atoms with Crippen LogP contribution in [0, 0.1) is 20.2 Å². The molecule has 2 heterocycles. The molecule has 2 aromatic carbocycles. The number of nitrogens with zero attached hydrogens (tertiary/aromatic N) is 3. The maximum absolute atomic E-state index is 13.6. The fourth-order valence-corrected chi connectivity index (χ4v) is 5.46. The topological polar surface area (TPSA) is 187 Å². The molecule has 2 N–H and O–H groups in total. The maximum atomic E-state index is 13.6. The molecule has 1 atom stereocenters. The van der Waals surface area contributed by atoms with Crippen molar-refractivity contribution in [3.8, 4) is 0 Å². The molecule has 1 aromatic heterocycles. The minimum Gasteiger partial charge on any atom is -0.463 e. The standard InChI is InChI=1S/C26H22N4O9S/c1-3-38-25(32)20-19(15-8-6-10-17(13-15)30(36)37)21(26(33)39-4-2)24-28(22(20)27)23(31)18(40-24)12-14-7-5-9-16(11-14)29(34)35/h5-13,19H,3-4,27H2,1-2H3/b18-12-/t19-/m0/s1. The lowest BCUT2D eigenvalue weighted by Crippen LogP contribution is -2.42. The zero-order valence-electron chi connectivity index (χ0n) is 21.2. The fraction of sp³-hybridized carbons (Fsp3) is 0.192. The highest BCUT2D eigenvalue weighted by molar-refractivity contribution is 7.07. The molecule has 4 rings (SSSR count). The summed E-state index contributed by atoms with van der Waals surface area (Å²) in [7, 11) is 0. The first-order chi connectivity index (χ1) is 19.1. The number of nitro groups is 2. The van der Waals surface area contributed by atoms with Gasteiger partial charge < -0.3 is 15.2 Å². The first kappa shape index (κ1) is 27.9. The summed E-state index contributed by atoms with van der Waals surface area (Å²) >= 11 is 0.860. The summed E-state index contributed by atoms with van der Waals surface area (Å²) in [5, 5.41) is 22.7. The molecule has 0 radical (unpaired) electrons. The Bertz CT molecular complexity index is 1770. The number of hydrogen-bond donors (Lipinski definition) is 1. The second kappa shape index (κ2) is 11.3. The molecule has 14 heteroatoms. The van der Waals surface area contributed by atoms with Crippen LogP contribution in [0.2, 0.25) is 0 Å². The third-order valence-corrected chi connectivity index (χ3v) is 7.04. The van der Waals surface area contributed by atoms with E-state index in [-0.39, 0.29) is 56.3 Å². The highest BCUT2D eigenvalue weighted by Crippen LogP contribution is 2.38. The number of benzene rings is 2. The van der Waals surface area contributed by atoms with Crippen molar-refractivity contribution < 1.29 is 28.9 Å². The third kappa shape index (κ3) is 5.11. The van der Waals surface area contributed by atoms with Crippen molar-refractivity contribution in [2.45, 2.75) is 19.8 Å². The van der Waals surface area contributed by atoms with Gasteiger partial charge in [-0.25, -0.2) is 9.59 Å². The molecule has 0 fully saturated rings. The lowest BCUT2D eigenvalue weighted by Gasteiger charge is -2.26. The number of carbonyl (C=O) groups is 2. The molecular weight excluding hydrogens is 544 g/mol. The summed E-state index contributed by atoms with van der Waals surface area (Å²) in [6, 6.07) is 10.9. The zero-order valence-corrected chi connectivity index (χ0v) is 22.0. The number of rotatable bonds is 8. The second-order valence-electron chi connectivity index (χ2n) is 8.35. The summed E-state index contributed by atoms with van der Waals surface area (Å²) in [5.41, 5.74) is 5.34. The highest BCUT2D eigenvalue weighted by atomic mass is 32.1. The average molecular weight is 567 g/mol. The van der Waals surface area contributed by atoms with Gasteiger partial charge >= 0.3 is 11.9 Å². The van der Waals surface area contributed by atoms with Gasteiger partial charge in [-0.05, 0) is 31.1 Å². The van der Waals surface area contributed by atoms with Crippen molar-refractivity contribution in [1.29, 1.82) is 0 Å². The normalized spacial score (nSPS) is 15.0. The highest BCUT2D eigenvalue weighted by Gasteiger charge is 2.40. The van der Waals surface area contributed by atoms with E-state index in [0.717, 1.165) is 15.9 Å². The van der Waals surface area contributed by atoms with Crippen molar-refractivity contribution >= 4 is 52.1 Å². The summed E-state index contributed by atoms with van der Waals surface area (Å²) in [4.78, 5) is 61.7. The molecule has 1 aliphatic heterocycles. The molecule has 3 aromatic rings. The van der Waals surface area contributed by atoms with E-state index in [1.54, 1.807) is 19.9 Å². The lowest BCUT2D eigenvalue weighted by molar-refractivity contribution is -0.385. The van der Waals surface area contributed by atoms with E-state index in [4.69, 9.17) is 15.2 Å². The molecular formula is C26H22N4O9S. The summed E-state index contributed by atoms with van der Waals surface area (Å²) in [6.45, 7) is 3.04. The van der Waals surface area contributed by atoms with Gasteiger partial charge in [-0.1, -0.05) is 24.3 Å². The Labute approximate surface area is 229 Å². The monoisotopic (exact) mass is 566 g/mol. The van der Waals surface area contributed by atoms with Crippen molar-refractivity contribution in [3.63, 3.8) is 0 Å². The average Bonchev–Trinajstić information content (AvgIpc) is 3.24. The van der Waals surface area contributed by atoms with Crippen LogP contribution < -0.4 is 20.5 Å². The molecule has 0 saturated heterocycles. The molecule has 0 saturated carbocycles. The second-order valence-corrected chi connectivity index (χ2v) is 9.38. The Kier molecular flexibility index (Phi) is 7.90. The van der Waals surface area contributed by atoms with Crippen LogP contribution in [0.1, 0.15) is 30.9 Å². The molecule has 1 aliphatic rings. The van der Waals surface area contributed by atoms with Crippen LogP contribution in [0.3, 0.4) is 0 Å². The van der Waals surface area contributed by atoms with Gasteiger partial charge in [0, 0.05) is 24.3 Å². The molecule has 0 bridgehead atoms. The van der Waals surface area contributed by atoms with Gasteiger partial charge in [0.05, 0.1) is 44.7 Å². The Balaban J connectivity index is 2.12. The van der Waals surface area contributed by atoms with E-state index in [0.29, 0.717) is 5.56 Å². The molecule has 13 nitrogen and oxygen atoms in total. The van der Waals surface area contributed by atoms with Gasteiger partial charge in [0.1, 0.15) is 10.5 Å². The lowest BCUT2D eigenvalue weighted by atomic mass is 9.83. The number of carbonyl (C=O) groups excluding carboxylic acids is 2. The molecule has 0 unspecified atom stereocenters. The van der Waals surface area contributed by atoms with E-state index in [9.17, 15) is 34.6 Å². The van der Waals surface area contributed by atoms with Crippen molar-refractivity contribution in [2.24, 2.45) is 5.73 Å². The van der Waals surface area contributed by atoms with Gasteiger partial charge in [0.2, 0.25) is 0 Å². The van der Waals surface area contributed by atoms with E-state index in [1.165, 1.54) is 48.5 Å². The SMILES string of the molecule is CCOC(=O)C1=C(N)n2c(s/c(=C\c3cccc([N+](=O)[O-])c3)c2=O)=C(C(=O)OCC)[C@H]1c1cccc([N+](=O)[O-])c1. The predicted octanol–water partition coefficient (Wildman–Crippen LogP) is 1.76. The summed E-state index contributed by atoms with van der Waals surface area (Å²) in [6.07, 6.45) is 1.40. The van der Waals surface area contributed by atoms with Gasteiger partial charge in [0.25, 0.3) is 16.9 Å². The van der Waals surface area contributed by atoms with Crippen LogP contribution in [0.5, 0.6) is 0 Å². The molecule has 0 amide bonds. The number of non-ortho nitro benzene ring substituents is 2. The Morgan fingerprint density at radius 1 is 0.975 bits per heavy atom. The van der Waals surface area contributed by atoms with Gasteiger partial charge in [-0.15, -0.1) is 11.3 Å². The van der Waals surface area contributed by atoms with E-state index >= 15 is 0 Å². The molecule has 0 spiro atoms. The van der Waals surface area contributed by atoms with Crippen LogP contribution in [0.15, 0.2) is 58.9 Å². The number of hydrogen-bond acceptors (Lipinski definition) is 11. The number of aromatic nitrogens is 1. The molecule has 0 aliphatic carbocycles. The minimum absolute atomic E-state index is 0.0415.